The molecule has 0 radical (unpaired) electrons. The molecular formula is H3I2PPt. The molecule has 0 aliphatic heterocycles. The van der Waals surface area contributed by atoms with Gasteiger partial charge >= 0.3 is 49.9 Å². The summed E-state index contributed by atoms with van der Waals surface area (Å²) in [4.78, 5) is 0. The molecule has 1 unspecified atom stereocenters. The first kappa shape index (κ1) is 9.77. The van der Waals surface area contributed by atoms with Gasteiger partial charge in [-0.05, 0) is 0 Å². The summed E-state index contributed by atoms with van der Waals surface area (Å²) in [7, 11) is 0. The molecule has 0 saturated carbocycles. The van der Waals surface area contributed by atoms with E-state index in [0.29, 0.717) is 11.2 Å². The van der Waals surface area contributed by atoms with Crippen molar-refractivity contribution in [2.75, 3.05) is 0 Å². The molecule has 0 fully saturated rings. The second kappa shape index (κ2) is 9.13. The summed E-state index contributed by atoms with van der Waals surface area (Å²) >= 11 is 5.30. The van der Waals surface area contributed by atoms with Crippen molar-refractivity contribution in [3.05, 3.63) is 0 Å². The topological polar surface area (TPSA) is 0 Å². The van der Waals surface area contributed by atoms with Crippen LogP contribution in [0.15, 0.2) is 0 Å². The molecule has 32 valence electrons. The van der Waals surface area contributed by atoms with Crippen LogP contribution in [0.4, 0.5) is 0 Å². The molecule has 0 heterocycles. The Bertz CT molecular complexity index is 6.00. The molecule has 1 atom stereocenters. The van der Waals surface area contributed by atoms with E-state index in [4.69, 9.17) is 0 Å². The van der Waals surface area contributed by atoms with E-state index in [9.17, 15) is 0 Å². The van der Waals surface area contributed by atoms with Crippen LogP contribution >= 0.6 is 48.6 Å². The van der Waals surface area contributed by atoms with E-state index in [-0.39, 0.29) is 9.90 Å². The standard InChI is InChI=1S/2HI.H3P.Pt/h2*1H;1H3;/q;;;+2/p-2. The van der Waals surface area contributed by atoms with E-state index in [2.05, 4.69) is 38.7 Å². The molecule has 0 spiro atoms. The molecule has 0 saturated heterocycles. The van der Waals surface area contributed by atoms with Crippen molar-refractivity contribution >= 4 is 48.6 Å². The van der Waals surface area contributed by atoms with E-state index >= 15 is 0 Å². The van der Waals surface area contributed by atoms with Crippen LogP contribution in [0.3, 0.4) is 0 Å². The quantitative estimate of drug-likeness (QED) is 0.365. The Kier molecular flexibility index (Phi) is 22.3. The van der Waals surface area contributed by atoms with E-state index in [1.807, 2.05) is 0 Å². The average Bonchev–Trinajstić information content (AvgIpc) is 0.918. The minimum atomic E-state index is 0. The summed E-state index contributed by atoms with van der Waals surface area (Å²) in [6.45, 7) is 0. The van der Waals surface area contributed by atoms with Gasteiger partial charge in [-0.1, -0.05) is 0 Å². The van der Waals surface area contributed by atoms with Gasteiger partial charge in [0.25, 0.3) is 0 Å². The predicted molar refractivity (Wildman–Crippen MR) is 39.1 cm³/mol. The molecule has 0 amide bonds. The van der Waals surface area contributed by atoms with Crippen molar-refractivity contribution in [1.29, 1.82) is 0 Å². The first-order valence-electron chi connectivity index (χ1n) is 0.239. The summed E-state index contributed by atoms with van der Waals surface area (Å²) in [5, 5.41) is 0. The second-order valence-corrected chi connectivity index (χ2v) is 16.6. The zero-order chi connectivity index (χ0) is 2.71. The van der Waals surface area contributed by atoms with Crippen LogP contribution in [0.2, 0.25) is 0 Å². The fourth-order valence-electron chi connectivity index (χ4n) is 0. The van der Waals surface area contributed by atoms with Crippen LogP contribution in [0.1, 0.15) is 0 Å². The molecule has 0 aromatic carbocycles. The van der Waals surface area contributed by atoms with Gasteiger partial charge in [0.1, 0.15) is 0 Å². The molecule has 0 aliphatic carbocycles. The van der Waals surface area contributed by atoms with Gasteiger partial charge < -0.3 is 0 Å². The molecule has 0 bridgehead atoms. The Hall–Kier alpha value is 2.58. The van der Waals surface area contributed by atoms with Crippen LogP contribution in [0.5, 0.6) is 0 Å². The summed E-state index contributed by atoms with van der Waals surface area (Å²) in [6.07, 6.45) is 0. The van der Waals surface area contributed by atoms with Crippen LogP contribution in [0, 0.1) is 0 Å². The third-order valence-electron chi connectivity index (χ3n) is 0. The number of rotatable bonds is 0. The third-order valence-corrected chi connectivity index (χ3v) is 0. The van der Waals surface area contributed by atoms with Gasteiger partial charge in [0, 0.05) is 0 Å². The van der Waals surface area contributed by atoms with Crippen LogP contribution in [-0.4, -0.2) is 0 Å². The normalized spacial score (nSPS) is 5.50. The van der Waals surface area contributed by atoms with E-state index in [0.717, 1.165) is 0 Å². The van der Waals surface area contributed by atoms with Crippen molar-refractivity contribution in [1.82, 2.24) is 0 Å². The zero-order valence-corrected chi connectivity index (χ0v) is 9.78. The van der Waals surface area contributed by atoms with E-state index < -0.39 is 0 Å². The SMILES string of the molecule is P.[I][Pt][I]. The fraction of sp³-hybridized carbons (Fsp3) is 0. The van der Waals surface area contributed by atoms with Crippen molar-refractivity contribution in [3.63, 3.8) is 0 Å². The Labute approximate surface area is 58.7 Å². The van der Waals surface area contributed by atoms with Gasteiger partial charge in [-0.15, -0.1) is 0 Å². The second-order valence-electron chi connectivity index (χ2n) is 0.0452. The Balaban J connectivity index is 0. The number of hydrogen-bond donors (Lipinski definition) is 0. The van der Waals surface area contributed by atoms with Crippen LogP contribution < -0.4 is 0 Å². The van der Waals surface area contributed by atoms with Gasteiger partial charge in [0.15, 0.2) is 0 Å². The van der Waals surface area contributed by atoms with E-state index in [1.165, 1.54) is 0 Å². The molecule has 0 aliphatic rings. The third kappa shape index (κ3) is 8.82. The first-order chi connectivity index (χ1) is 1.41. The fourth-order valence-corrected chi connectivity index (χ4v) is 0. The van der Waals surface area contributed by atoms with Crippen molar-refractivity contribution < 1.29 is 11.2 Å². The van der Waals surface area contributed by atoms with Crippen molar-refractivity contribution in [3.8, 4) is 0 Å². The molecule has 0 nitrogen and oxygen atoms in total. The van der Waals surface area contributed by atoms with Crippen molar-refractivity contribution in [2.24, 2.45) is 0 Å². The minimum absolute atomic E-state index is 0. The van der Waals surface area contributed by atoms with Gasteiger partial charge in [-0.3, -0.25) is 0 Å². The molecular weight excluding hydrogens is 480 g/mol. The first-order valence-corrected chi connectivity index (χ1v) is 13.1. The zero-order valence-electron chi connectivity index (χ0n) is 1.78. The van der Waals surface area contributed by atoms with Gasteiger partial charge in [-0.2, -0.15) is 9.90 Å². The number of halogens is 2. The van der Waals surface area contributed by atoms with Gasteiger partial charge in [0.05, 0.1) is 0 Å². The summed E-state index contributed by atoms with van der Waals surface area (Å²) < 4.78 is 0. The van der Waals surface area contributed by atoms with Crippen LogP contribution in [0.25, 0.3) is 0 Å². The molecule has 4 heavy (non-hydrogen) atoms. The maximum absolute atomic E-state index is 2.39. The predicted octanol–water partition coefficient (Wildman–Crippen LogP) is 1.83. The summed E-state index contributed by atoms with van der Waals surface area (Å²) in [6, 6.07) is 0. The number of hydrogen-bond acceptors (Lipinski definition) is 0. The molecule has 4 heteroatoms. The van der Waals surface area contributed by atoms with Gasteiger partial charge in [0.2, 0.25) is 0 Å². The molecule has 0 N–H and O–H groups in total. The monoisotopic (exact) mass is 483 g/mol. The molecule has 0 aromatic rings. The Morgan fingerprint density at radius 1 is 1.25 bits per heavy atom. The summed E-state index contributed by atoms with van der Waals surface area (Å²) in [5.41, 5.74) is 0. The van der Waals surface area contributed by atoms with Crippen LogP contribution in [-0.2, 0) is 11.2 Å². The average molecular weight is 483 g/mol. The Morgan fingerprint density at radius 2 is 1.25 bits per heavy atom. The van der Waals surface area contributed by atoms with Crippen molar-refractivity contribution in [2.45, 2.75) is 0 Å². The van der Waals surface area contributed by atoms with E-state index in [1.54, 1.807) is 0 Å². The van der Waals surface area contributed by atoms with Gasteiger partial charge in [-0.25, -0.2) is 0 Å². The molecule has 0 rings (SSSR count). The Morgan fingerprint density at radius 3 is 1.25 bits per heavy atom. The maximum atomic E-state index is 2.39. The molecule has 0 aromatic heterocycles. The summed E-state index contributed by atoms with van der Waals surface area (Å²) in [5.74, 6) is 0.